The van der Waals surface area contributed by atoms with Crippen LogP contribution in [0, 0.1) is 0 Å². The standard InChI is InChI=1S/C24H51P.C2H4O2/c1-4-7-10-13-16-19-22-25(23-20-17-14-11-8-5-2)24-21-18-15-12-9-6-3;1-2(3)4/h4-24H2,1-3H3;1H3,(H,3,4). The molecule has 0 amide bonds. The molecular formula is C26H55O2P. The van der Waals surface area contributed by atoms with E-state index in [0.717, 1.165) is 6.92 Å². The predicted octanol–water partition coefficient (Wildman–Crippen LogP) is 9.64. The molecule has 0 aromatic rings. The zero-order chi connectivity index (χ0) is 22.0. The fourth-order valence-electron chi connectivity index (χ4n) is 3.68. The van der Waals surface area contributed by atoms with E-state index < -0.39 is 5.97 Å². The van der Waals surface area contributed by atoms with Gasteiger partial charge in [-0.25, -0.2) is 0 Å². The summed E-state index contributed by atoms with van der Waals surface area (Å²) >= 11 is 0. The molecule has 1 N–H and O–H groups in total. The van der Waals surface area contributed by atoms with Crippen LogP contribution in [-0.4, -0.2) is 29.6 Å². The fraction of sp³-hybridized carbons (Fsp3) is 0.962. The van der Waals surface area contributed by atoms with Crippen molar-refractivity contribution in [3.63, 3.8) is 0 Å². The first-order chi connectivity index (χ1) is 14.1. The SMILES string of the molecule is CC(=O)O.CCCCCCCCP(CCCCCCCC)CCCCCCCC. The van der Waals surface area contributed by atoms with Gasteiger partial charge in [0, 0.05) is 6.92 Å². The molecule has 0 aliphatic heterocycles. The molecule has 0 aromatic carbocycles. The number of carboxylic acids is 1. The molecule has 176 valence electrons. The van der Waals surface area contributed by atoms with Crippen molar-refractivity contribution in [3.8, 4) is 0 Å². The van der Waals surface area contributed by atoms with Gasteiger partial charge in [0.25, 0.3) is 5.97 Å². The van der Waals surface area contributed by atoms with Gasteiger partial charge < -0.3 is 5.11 Å². The van der Waals surface area contributed by atoms with Crippen LogP contribution in [0.3, 0.4) is 0 Å². The normalized spacial score (nSPS) is 10.8. The van der Waals surface area contributed by atoms with Crippen molar-refractivity contribution in [2.45, 2.75) is 143 Å². The van der Waals surface area contributed by atoms with Gasteiger partial charge in [0.15, 0.2) is 0 Å². The highest BCUT2D eigenvalue weighted by Crippen LogP contribution is 2.39. The Balaban J connectivity index is 0. The Morgan fingerprint density at radius 2 is 0.724 bits per heavy atom. The van der Waals surface area contributed by atoms with Crippen LogP contribution in [0.4, 0.5) is 0 Å². The van der Waals surface area contributed by atoms with Crippen LogP contribution in [0.1, 0.15) is 143 Å². The number of rotatable bonds is 21. The molecular weight excluding hydrogens is 375 g/mol. The number of unbranched alkanes of at least 4 members (excludes halogenated alkanes) is 15. The van der Waals surface area contributed by atoms with Gasteiger partial charge in [0.05, 0.1) is 0 Å². The molecule has 2 nitrogen and oxygen atoms in total. The van der Waals surface area contributed by atoms with E-state index in [9.17, 15) is 0 Å². The molecule has 3 heteroatoms. The Morgan fingerprint density at radius 1 is 0.517 bits per heavy atom. The molecule has 0 aromatic heterocycles. The third-order valence-electron chi connectivity index (χ3n) is 5.48. The average molecular weight is 431 g/mol. The molecule has 0 heterocycles. The molecule has 0 fully saturated rings. The van der Waals surface area contributed by atoms with Crippen molar-refractivity contribution in [3.05, 3.63) is 0 Å². The van der Waals surface area contributed by atoms with Crippen molar-refractivity contribution in [2.24, 2.45) is 0 Å². The smallest absolute Gasteiger partial charge is 0.300 e. The molecule has 0 radical (unpaired) electrons. The maximum Gasteiger partial charge on any atom is 0.300 e. The topological polar surface area (TPSA) is 37.3 Å². The fourth-order valence-corrected chi connectivity index (χ4v) is 6.37. The van der Waals surface area contributed by atoms with Gasteiger partial charge in [-0.15, -0.1) is 7.92 Å². The van der Waals surface area contributed by atoms with E-state index in [1.54, 1.807) is 18.5 Å². The van der Waals surface area contributed by atoms with E-state index in [1.807, 2.05) is 0 Å². The summed E-state index contributed by atoms with van der Waals surface area (Å²) in [6.07, 6.45) is 31.2. The third-order valence-corrected chi connectivity index (χ3v) is 8.33. The Bertz CT molecular complexity index is 265. The van der Waals surface area contributed by atoms with Crippen LogP contribution in [0.2, 0.25) is 0 Å². The molecule has 0 rings (SSSR count). The minimum Gasteiger partial charge on any atom is -0.481 e. The van der Waals surface area contributed by atoms with Crippen LogP contribution in [-0.2, 0) is 4.79 Å². The van der Waals surface area contributed by atoms with Gasteiger partial charge >= 0.3 is 0 Å². The van der Waals surface area contributed by atoms with Crippen molar-refractivity contribution in [1.82, 2.24) is 0 Å². The van der Waals surface area contributed by atoms with Gasteiger partial charge in [-0.05, 0) is 37.7 Å². The monoisotopic (exact) mass is 430 g/mol. The third kappa shape index (κ3) is 32.8. The minimum atomic E-state index is -0.833. The van der Waals surface area contributed by atoms with Crippen molar-refractivity contribution < 1.29 is 9.90 Å². The van der Waals surface area contributed by atoms with Crippen LogP contribution in [0.25, 0.3) is 0 Å². The van der Waals surface area contributed by atoms with Crippen molar-refractivity contribution in [2.75, 3.05) is 18.5 Å². The summed E-state index contributed by atoms with van der Waals surface area (Å²) in [5, 5.41) is 7.42. The molecule has 0 aliphatic rings. The maximum atomic E-state index is 9.00. The molecule has 0 spiro atoms. The highest BCUT2D eigenvalue weighted by atomic mass is 31.1. The van der Waals surface area contributed by atoms with E-state index in [1.165, 1.54) is 116 Å². The number of aliphatic carboxylic acids is 1. The Kier molecular flexibility index (Phi) is 29.9. The van der Waals surface area contributed by atoms with Gasteiger partial charge in [-0.1, -0.05) is 117 Å². The summed E-state index contributed by atoms with van der Waals surface area (Å²) in [4.78, 5) is 9.00. The summed E-state index contributed by atoms with van der Waals surface area (Å²) in [7, 11) is 0.366. The average Bonchev–Trinajstić information content (AvgIpc) is 2.68. The van der Waals surface area contributed by atoms with Crippen molar-refractivity contribution in [1.29, 1.82) is 0 Å². The van der Waals surface area contributed by atoms with Gasteiger partial charge in [0.2, 0.25) is 0 Å². The van der Waals surface area contributed by atoms with Gasteiger partial charge in [-0.3, -0.25) is 4.79 Å². The summed E-state index contributed by atoms with van der Waals surface area (Å²) in [6, 6.07) is 0. The van der Waals surface area contributed by atoms with Crippen molar-refractivity contribution >= 4 is 13.9 Å². The zero-order valence-electron chi connectivity index (χ0n) is 20.7. The molecule has 29 heavy (non-hydrogen) atoms. The molecule has 0 bridgehead atoms. The van der Waals surface area contributed by atoms with Gasteiger partial charge in [-0.2, -0.15) is 0 Å². The largest absolute Gasteiger partial charge is 0.481 e. The van der Waals surface area contributed by atoms with E-state index in [0.29, 0.717) is 7.92 Å². The van der Waals surface area contributed by atoms with Crippen LogP contribution < -0.4 is 0 Å². The van der Waals surface area contributed by atoms with Crippen LogP contribution >= 0.6 is 7.92 Å². The molecule has 0 saturated heterocycles. The first kappa shape index (κ1) is 31.1. The molecule has 0 saturated carbocycles. The predicted molar refractivity (Wildman–Crippen MR) is 135 cm³/mol. The summed E-state index contributed by atoms with van der Waals surface area (Å²) in [5.74, 6) is -0.833. The lowest BCUT2D eigenvalue weighted by molar-refractivity contribution is -0.134. The van der Waals surface area contributed by atoms with Crippen LogP contribution in [0.5, 0.6) is 0 Å². The maximum absolute atomic E-state index is 9.00. The molecule has 0 atom stereocenters. The Hall–Kier alpha value is -0.100. The number of carbonyl (C=O) groups is 1. The summed E-state index contributed by atoms with van der Waals surface area (Å²) in [6.45, 7) is 8.04. The van der Waals surface area contributed by atoms with E-state index in [4.69, 9.17) is 9.90 Å². The minimum absolute atomic E-state index is 0.366. The first-order valence-corrected chi connectivity index (χ1v) is 14.9. The van der Waals surface area contributed by atoms with E-state index in [2.05, 4.69) is 20.8 Å². The second kappa shape index (κ2) is 27.9. The second-order valence-electron chi connectivity index (χ2n) is 8.66. The van der Waals surface area contributed by atoms with Gasteiger partial charge in [0.1, 0.15) is 0 Å². The zero-order valence-corrected chi connectivity index (χ0v) is 21.5. The second-order valence-corrected chi connectivity index (χ2v) is 11.3. The lowest BCUT2D eigenvalue weighted by Crippen LogP contribution is -1.97. The lowest BCUT2D eigenvalue weighted by atomic mass is 10.1. The molecule has 0 unspecified atom stereocenters. The first-order valence-electron chi connectivity index (χ1n) is 13.0. The summed E-state index contributed by atoms with van der Waals surface area (Å²) < 4.78 is 0. The number of hydrogen-bond donors (Lipinski definition) is 1. The lowest BCUT2D eigenvalue weighted by Gasteiger charge is -2.18. The highest BCUT2D eigenvalue weighted by Gasteiger charge is 2.07. The summed E-state index contributed by atoms with van der Waals surface area (Å²) in [5.41, 5.74) is 0. The number of hydrogen-bond acceptors (Lipinski definition) is 1. The Labute approximate surface area is 185 Å². The Morgan fingerprint density at radius 3 is 0.966 bits per heavy atom. The highest BCUT2D eigenvalue weighted by molar-refractivity contribution is 7.57. The van der Waals surface area contributed by atoms with E-state index >= 15 is 0 Å². The van der Waals surface area contributed by atoms with Crippen LogP contribution in [0.15, 0.2) is 0 Å². The number of carboxylic acid groups (broad SMARTS) is 1. The van der Waals surface area contributed by atoms with E-state index in [-0.39, 0.29) is 0 Å². The quantitative estimate of drug-likeness (QED) is 0.145. The molecule has 0 aliphatic carbocycles.